The molecule has 0 radical (unpaired) electrons. The van der Waals surface area contributed by atoms with E-state index in [1.165, 1.54) is 0 Å². The molecule has 0 bridgehead atoms. The quantitative estimate of drug-likeness (QED) is 0.842. The van der Waals surface area contributed by atoms with Gasteiger partial charge in [-0.15, -0.1) is 0 Å². The number of anilines is 1. The molecule has 3 nitrogen and oxygen atoms in total. The summed E-state index contributed by atoms with van der Waals surface area (Å²) in [5.74, 6) is 2.91. The Morgan fingerprint density at radius 2 is 2.00 bits per heavy atom. The fourth-order valence-electron chi connectivity index (χ4n) is 2.25. The highest BCUT2D eigenvalue weighted by atomic mass is 32.2. The second-order valence-corrected chi connectivity index (χ2v) is 5.87. The van der Waals surface area contributed by atoms with Gasteiger partial charge in [0.25, 0.3) is 0 Å². The number of hydrogen-bond acceptors (Lipinski definition) is 3. The molecule has 0 aliphatic heterocycles. The van der Waals surface area contributed by atoms with Crippen molar-refractivity contribution in [1.29, 1.82) is 0 Å². The van der Waals surface area contributed by atoms with Crippen molar-refractivity contribution in [1.82, 2.24) is 9.55 Å². The highest BCUT2D eigenvalue weighted by Gasteiger charge is 2.15. The molecule has 0 aliphatic rings. The number of unbranched alkanes of at least 4 members (excludes halogenated alkanes) is 1. The summed E-state index contributed by atoms with van der Waals surface area (Å²) in [5.41, 5.74) is 8.49. The van der Waals surface area contributed by atoms with E-state index in [0.717, 1.165) is 54.5 Å². The summed E-state index contributed by atoms with van der Waals surface area (Å²) >= 11 is 1.83. The van der Waals surface area contributed by atoms with Gasteiger partial charge in [-0.05, 0) is 18.4 Å². The number of aromatic nitrogens is 2. The van der Waals surface area contributed by atoms with Gasteiger partial charge in [0.15, 0.2) is 0 Å². The van der Waals surface area contributed by atoms with Crippen molar-refractivity contribution in [2.75, 3.05) is 17.7 Å². The van der Waals surface area contributed by atoms with Gasteiger partial charge >= 0.3 is 0 Å². The SMILES string of the molecule is CCCCn1c(-c2ccccc2)nc(CCSC)c1N. The number of aryl methyl sites for hydroxylation is 1. The van der Waals surface area contributed by atoms with Crippen LogP contribution in [0.5, 0.6) is 0 Å². The van der Waals surface area contributed by atoms with Gasteiger partial charge in [-0.25, -0.2) is 4.98 Å². The third kappa shape index (κ3) is 3.37. The molecule has 0 amide bonds. The summed E-state index contributed by atoms with van der Waals surface area (Å²) in [6.07, 6.45) is 5.34. The van der Waals surface area contributed by atoms with Crippen molar-refractivity contribution in [2.45, 2.75) is 32.7 Å². The van der Waals surface area contributed by atoms with E-state index in [4.69, 9.17) is 10.7 Å². The fourth-order valence-corrected chi connectivity index (χ4v) is 2.65. The van der Waals surface area contributed by atoms with E-state index < -0.39 is 0 Å². The van der Waals surface area contributed by atoms with Gasteiger partial charge in [0.05, 0.1) is 5.69 Å². The zero-order valence-electron chi connectivity index (χ0n) is 12.3. The molecular weight excluding hydrogens is 266 g/mol. The molecule has 20 heavy (non-hydrogen) atoms. The number of rotatable bonds is 7. The number of nitrogens with zero attached hydrogens (tertiary/aromatic N) is 2. The van der Waals surface area contributed by atoms with Crippen LogP contribution in [0.1, 0.15) is 25.5 Å². The first-order chi connectivity index (χ1) is 9.77. The van der Waals surface area contributed by atoms with Crippen LogP contribution in [0.4, 0.5) is 5.82 Å². The average Bonchev–Trinajstić information content (AvgIpc) is 2.80. The molecule has 1 aromatic heterocycles. The van der Waals surface area contributed by atoms with Crippen LogP contribution < -0.4 is 5.73 Å². The zero-order valence-corrected chi connectivity index (χ0v) is 13.1. The predicted octanol–water partition coefficient (Wildman–Crippen LogP) is 3.84. The first-order valence-electron chi connectivity index (χ1n) is 7.17. The summed E-state index contributed by atoms with van der Waals surface area (Å²) in [4.78, 5) is 4.80. The lowest BCUT2D eigenvalue weighted by molar-refractivity contribution is 0.642. The molecule has 2 aromatic rings. The molecule has 108 valence electrons. The maximum Gasteiger partial charge on any atom is 0.141 e. The first kappa shape index (κ1) is 15.0. The van der Waals surface area contributed by atoms with Gasteiger partial charge in [-0.2, -0.15) is 11.8 Å². The molecule has 0 aliphatic carbocycles. The molecule has 0 fully saturated rings. The third-order valence-electron chi connectivity index (χ3n) is 3.39. The number of thioether (sulfide) groups is 1. The van der Waals surface area contributed by atoms with E-state index in [0.29, 0.717) is 0 Å². The lowest BCUT2D eigenvalue weighted by Gasteiger charge is -2.09. The number of nitrogen functional groups attached to an aromatic ring is 1. The van der Waals surface area contributed by atoms with E-state index >= 15 is 0 Å². The lowest BCUT2D eigenvalue weighted by atomic mass is 10.2. The molecule has 0 atom stereocenters. The normalized spacial score (nSPS) is 10.9. The van der Waals surface area contributed by atoms with Crippen LogP contribution in [0.15, 0.2) is 30.3 Å². The molecule has 2 rings (SSSR count). The van der Waals surface area contributed by atoms with E-state index in [-0.39, 0.29) is 0 Å². The Hall–Kier alpha value is -1.42. The smallest absolute Gasteiger partial charge is 0.141 e. The van der Waals surface area contributed by atoms with E-state index in [9.17, 15) is 0 Å². The Bertz CT molecular complexity index is 534. The van der Waals surface area contributed by atoms with Crippen molar-refractivity contribution >= 4 is 17.6 Å². The van der Waals surface area contributed by atoms with Gasteiger partial charge in [0, 0.05) is 18.5 Å². The Labute approximate surface area is 125 Å². The second kappa shape index (κ2) is 7.39. The highest BCUT2D eigenvalue weighted by Crippen LogP contribution is 2.25. The largest absolute Gasteiger partial charge is 0.384 e. The summed E-state index contributed by atoms with van der Waals surface area (Å²) in [6, 6.07) is 10.3. The Balaban J connectivity index is 2.37. The number of hydrogen-bond donors (Lipinski definition) is 1. The van der Waals surface area contributed by atoms with Crippen molar-refractivity contribution in [3.05, 3.63) is 36.0 Å². The van der Waals surface area contributed by atoms with E-state index in [1.54, 1.807) is 0 Å². The van der Waals surface area contributed by atoms with Gasteiger partial charge in [-0.1, -0.05) is 43.7 Å². The van der Waals surface area contributed by atoms with Crippen LogP contribution in [-0.2, 0) is 13.0 Å². The zero-order chi connectivity index (χ0) is 14.4. The molecule has 4 heteroatoms. The van der Waals surface area contributed by atoms with Crippen LogP contribution in [0.25, 0.3) is 11.4 Å². The summed E-state index contributed by atoms with van der Waals surface area (Å²) in [5, 5.41) is 0. The Morgan fingerprint density at radius 3 is 2.65 bits per heavy atom. The highest BCUT2D eigenvalue weighted by molar-refractivity contribution is 7.98. The average molecular weight is 289 g/mol. The number of nitrogens with two attached hydrogens (primary N) is 1. The summed E-state index contributed by atoms with van der Waals surface area (Å²) in [6.45, 7) is 3.14. The van der Waals surface area contributed by atoms with Gasteiger partial charge in [0.2, 0.25) is 0 Å². The van der Waals surface area contributed by atoms with Crippen molar-refractivity contribution in [3.63, 3.8) is 0 Å². The van der Waals surface area contributed by atoms with Crippen molar-refractivity contribution in [3.8, 4) is 11.4 Å². The monoisotopic (exact) mass is 289 g/mol. The summed E-state index contributed by atoms with van der Waals surface area (Å²) in [7, 11) is 0. The van der Waals surface area contributed by atoms with E-state index in [2.05, 4.69) is 29.9 Å². The molecule has 1 heterocycles. The second-order valence-electron chi connectivity index (χ2n) is 4.88. The first-order valence-corrected chi connectivity index (χ1v) is 8.56. The molecular formula is C16H23N3S. The number of imidazole rings is 1. The maximum atomic E-state index is 6.31. The van der Waals surface area contributed by atoms with Crippen LogP contribution in [0.2, 0.25) is 0 Å². The van der Waals surface area contributed by atoms with Crippen LogP contribution in [-0.4, -0.2) is 21.6 Å². The van der Waals surface area contributed by atoms with Crippen LogP contribution in [0, 0.1) is 0 Å². The predicted molar refractivity (Wildman–Crippen MR) is 89.1 cm³/mol. The minimum absolute atomic E-state index is 0.839. The standard InChI is InChI=1S/C16H23N3S/c1-3-4-11-19-15(17)14(10-12-20-2)18-16(19)13-8-6-5-7-9-13/h5-9H,3-4,10-12,17H2,1-2H3. The molecule has 0 saturated carbocycles. The molecule has 2 N–H and O–H groups in total. The van der Waals surface area contributed by atoms with Crippen LogP contribution >= 0.6 is 11.8 Å². The van der Waals surface area contributed by atoms with Crippen molar-refractivity contribution in [2.24, 2.45) is 0 Å². The van der Waals surface area contributed by atoms with E-state index in [1.807, 2.05) is 30.0 Å². The topological polar surface area (TPSA) is 43.8 Å². The van der Waals surface area contributed by atoms with Gasteiger partial charge in [0.1, 0.15) is 11.6 Å². The molecule has 0 saturated heterocycles. The molecule has 0 spiro atoms. The lowest BCUT2D eigenvalue weighted by Crippen LogP contribution is -2.06. The van der Waals surface area contributed by atoms with Crippen molar-refractivity contribution < 1.29 is 0 Å². The third-order valence-corrected chi connectivity index (χ3v) is 4.01. The minimum atomic E-state index is 0.839. The maximum absolute atomic E-state index is 6.31. The minimum Gasteiger partial charge on any atom is -0.384 e. The Kier molecular flexibility index (Phi) is 5.53. The Morgan fingerprint density at radius 1 is 1.25 bits per heavy atom. The number of benzene rings is 1. The van der Waals surface area contributed by atoms with Gasteiger partial charge in [-0.3, -0.25) is 0 Å². The summed E-state index contributed by atoms with van der Waals surface area (Å²) < 4.78 is 2.18. The molecule has 1 aromatic carbocycles. The molecule has 0 unspecified atom stereocenters. The fraction of sp³-hybridized carbons (Fsp3) is 0.438. The van der Waals surface area contributed by atoms with Crippen LogP contribution in [0.3, 0.4) is 0 Å². The van der Waals surface area contributed by atoms with Gasteiger partial charge < -0.3 is 10.3 Å².